The van der Waals surface area contributed by atoms with E-state index < -0.39 is 0 Å². The summed E-state index contributed by atoms with van der Waals surface area (Å²) < 4.78 is 1.14. The average Bonchev–Trinajstić information content (AvgIpc) is 2.36. The minimum atomic E-state index is 0.879. The SMILES string of the molecule is Cc1cc([CH]CCc2cccc(Br)c2)cc(C)c1Cl. The molecule has 0 aliphatic rings. The van der Waals surface area contributed by atoms with Crippen LogP contribution in [-0.4, -0.2) is 0 Å². The summed E-state index contributed by atoms with van der Waals surface area (Å²) in [6.07, 6.45) is 4.37. The molecular weight excluding hydrogens is 320 g/mol. The van der Waals surface area contributed by atoms with Crippen molar-refractivity contribution in [3.8, 4) is 0 Å². The molecule has 2 rings (SSSR count). The maximum Gasteiger partial charge on any atom is 0.0464 e. The second kappa shape index (κ2) is 6.58. The van der Waals surface area contributed by atoms with Crippen molar-refractivity contribution in [3.05, 3.63) is 74.6 Å². The average molecular weight is 337 g/mol. The third-order valence-corrected chi connectivity index (χ3v) is 4.25. The van der Waals surface area contributed by atoms with E-state index in [1.165, 1.54) is 11.1 Å². The van der Waals surface area contributed by atoms with Crippen molar-refractivity contribution in [1.82, 2.24) is 0 Å². The second-order valence-corrected chi connectivity index (χ2v) is 6.14. The molecule has 99 valence electrons. The van der Waals surface area contributed by atoms with Crippen LogP contribution in [0.3, 0.4) is 0 Å². The van der Waals surface area contributed by atoms with E-state index in [1.54, 1.807) is 0 Å². The first kappa shape index (κ1) is 14.6. The molecule has 0 atom stereocenters. The van der Waals surface area contributed by atoms with Gasteiger partial charge in [0.05, 0.1) is 0 Å². The van der Waals surface area contributed by atoms with Gasteiger partial charge in [0.15, 0.2) is 0 Å². The number of aryl methyl sites for hydroxylation is 3. The Morgan fingerprint density at radius 1 is 1.11 bits per heavy atom. The molecule has 0 saturated carbocycles. The van der Waals surface area contributed by atoms with E-state index in [2.05, 4.69) is 72.6 Å². The lowest BCUT2D eigenvalue weighted by Crippen LogP contribution is -1.91. The molecule has 0 amide bonds. The van der Waals surface area contributed by atoms with Crippen LogP contribution in [0.4, 0.5) is 0 Å². The summed E-state index contributed by atoms with van der Waals surface area (Å²) in [5.41, 5.74) is 4.91. The first-order chi connectivity index (χ1) is 9.06. The summed E-state index contributed by atoms with van der Waals surface area (Å²) in [6, 6.07) is 12.8. The standard InChI is InChI=1S/C17H17BrCl/c1-12-9-15(10-13(2)17(12)19)7-3-5-14-6-4-8-16(18)11-14/h4,6-11H,3,5H2,1-2H3. The van der Waals surface area contributed by atoms with Gasteiger partial charge in [-0.1, -0.05) is 51.8 Å². The molecule has 0 aliphatic carbocycles. The van der Waals surface area contributed by atoms with Gasteiger partial charge in [0.25, 0.3) is 0 Å². The van der Waals surface area contributed by atoms with Crippen LogP contribution in [-0.2, 0) is 6.42 Å². The maximum atomic E-state index is 6.18. The third kappa shape index (κ3) is 4.09. The Morgan fingerprint density at radius 3 is 2.42 bits per heavy atom. The summed E-state index contributed by atoms with van der Waals surface area (Å²) in [5, 5.41) is 0.879. The molecule has 0 saturated heterocycles. The lowest BCUT2D eigenvalue weighted by molar-refractivity contribution is 0.948. The molecule has 0 unspecified atom stereocenters. The zero-order valence-corrected chi connectivity index (χ0v) is 13.6. The van der Waals surface area contributed by atoms with Crippen LogP contribution < -0.4 is 0 Å². The van der Waals surface area contributed by atoms with Crippen molar-refractivity contribution in [2.75, 3.05) is 0 Å². The van der Waals surface area contributed by atoms with E-state index in [9.17, 15) is 0 Å². The van der Waals surface area contributed by atoms with E-state index >= 15 is 0 Å². The lowest BCUT2D eigenvalue weighted by Gasteiger charge is -2.07. The van der Waals surface area contributed by atoms with Crippen LogP contribution in [0.2, 0.25) is 5.02 Å². The van der Waals surface area contributed by atoms with Gasteiger partial charge in [-0.3, -0.25) is 0 Å². The smallest absolute Gasteiger partial charge is 0.0464 e. The number of hydrogen-bond donors (Lipinski definition) is 0. The van der Waals surface area contributed by atoms with Crippen LogP contribution in [0, 0.1) is 20.3 Å². The van der Waals surface area contributed by atoms with E-state index in [-0.39, 0.29) is 0 Å². The van der Waals surface area contributed by atoms with E-state index in [4.69, 9.17) is 11.6 Å². The largest absolute Gasteiger partial charge is 0.0838 e. The van der Waals surface area contributed by atoms with Gasteiger partial charge in [-0.15, -0.1) is 0 Å². The van der Waals surface area contributed by atoms with Crippen LogP contribution in [0.25, 0.3) is 0 Å². The van der Waals surface area contributed by atoms with Gasteiger partial charge in [-0.2, -0.15) is 0 Å². The van der Waals surface area contributed by atoms with Gasteiger partial charge < -0.3 is 0 Å². The molecule has 0 nitrogen and oxygen atoms in total. The van der Waals surface area contributed by atoms with Crippen molar-refractivity contribution in [1.29, 1.82) is 0 Å². The molecule has 0 aromatic heterocycles. The Bertz CT molecular complexity index is 552. The highest BCUT2D eigenvalue weighted by molar-refractivity contribution is 9.10. The van der Waals surface area contributed by atoms with Crippen molar-refractivity contribution in [2.45, 2.75) is 26.7 Å². The van der Waals surface area contributed by atoms with E-state index in [0.29, 0.717) is 0 Å². The predicted octanol–water partition coefficient (Wildman–Crippen LogP) is 5.90. The third-order valence-electron chi connectivity index (χ3n) is 3.16. The van der Waals surface area contributed by atoms with Gasteiger partial charge in [-0.25, -0.2) is 0 Å². The highest BCUT2D eigenvalue weighted by Gasteiger charge is 2.03. The number of hydrogen-bond acceptors (Lipinski definition) is 0. The first-order valence-electron chi connectivity index (χ1n) is 6.40. The fraction of sp³-hybridized carbons (Fsp3) is 0.235. The molecule has 0 N–H and O–H groups in total. The van der Waals surface area contributed by atoms with Crippen molar-refractivity contribution in [3.63, 3.8) is 0 Å². The molecule has 0 fully saturated rings. The van der Waals surface area contributed by atoms with E-state index in [1.807, 2.05) is 0 Å². The normalized spacial score (nSPS) is 10.7. The quantitative estimate of drug-likeness (QED) is 0.651. The molecule has 0 bridgehead atoms. The fourth-order valence-electron chi connectivity index (χ4n) is 2.20. The highest BCUT2D eigenvalue weighted by atomic mass is 79.9. The first-order valence-corrected chi connectivity index (χ1v) is 7.58. The topological polar surface area (TPSA) is 0 Å². The zero-order valence-electron chi connectivity index (χ0n) is 11.2. The Hall–Kier alpha value is -0.790. The highest BCUT2D eigenvalue weighted by Crippen LogP contribution is 2.23. The van der Waals surface area contributed by atoms with Crippen LogP contribution in [0.5, 0.6) is 0 Å². The maximum absolute atomic E-state index is 6.18. The molecule has 1 radical (unpaired) electrons. The van der Waals surface area contributed by atoms with Crippen LogP contribution in [0.15, 0.2) is 40.9 Å². The molecule has 19 heavy (non-hydrogen) atoms. The van der Waals surface area contributed by atoms with Gasteiger partial charge in [-0.05, 0) is 67.5 Å². The Morgan fingerprint density at radius 2 is 1.79 bits per heavy atom. The summed E-state index contributed by atoms with van der Waals surface area (Å²) in [6.45, 7) is 4.11. The molecule has 0 aliphatic heterocycles. The Labute approximate surface area is 128 Å². The van der Waals surface area contributed by atoms with Crippen molar-refractivity contribution in [2.24, 2.45) is 0 Å². The summed E-state index contributed by atoms with van der Waals surface area (Å²) in [5.74, 6) is 0. The number of rotatable bonds is 4. The molecule has 2 aromatic carbocycles. The zero-order chi connectivity index (χ0) is 13.8. The lowest BCUT2D eigenvalue weighted by atomic mass is 10.0. The van der Waals surface area contributed by atoms with Gasteiger partial charge in [0, 0.05) is 9.50 Å². The van der Waals surface area contributed by atoms with Gasteiger partial charge >= 0.3 is 0 Å². The monoisotopic (exact) mass is 335 g/mol. The second-order valence-electron chi connectivity index (χ2n) is 4.84. The minimum Gasteiger partial charge on any atom is -0.0838 e. The number of halogens is 2. The molecular formula is C17H17BrCl. The van der Waals surface area contributed by atoms with Crippen LogP contribution in [0.1, 0.15) is 28.7 Å². The molecule has 2 aromatic rings. The molecule has 0 spiro atoms. The molecule has 2 heteroatoms. The Kier molecular flexibility index (Phi) is 5.06. The van der Waals surface area contributed by atoms with Crippen molar-refractivity contribution >= 4 is 27.5 Å². The summed E-state index contributed by atoms with van der Waals surface area (Å²) >= 11 is 9.68. The van der Waals surface area contributed by atoms with Gasteiger partial charge in [0.2, 0.25) is 0 Å². The summed E-state index contributed by atoms with van der Waals surface area (Å²) in [4.78, 5) is 0. The predicted molar refractivity (Wildman–Crippen MR) is 86.8 cm³/mol. The molecule has 0 heterocycles. The minimum absolute atomic E-state index is 0.879. The Balaban J connectivity index is 1.96. The summed E-state index contributed by atoms with van der Waals surface area (Å²) in [7, 11) is 0. The number of benzene rings is 2. The van der Waals surface area contributed by atoms with E-state index in [0.717, 1.165) is 33.5 Å². The van der Waals surface area contributed by atoms with Gasteiger partial charge in [0.1, 0.15) is 0 Å². The van der Waals surface area contributed by atoms with Crippen molar-refractivity contribution < 1.29 is 0 Å². The fourth-order valence-corrected chi connectivity index (χ4v) is 2.75. The van der Waals surface area contributed by atoms with Crippen LogP contribution >= 0.6 is 27.5 Å².